The molecular formula is C19H19Br2NO3. The van der Waals surface area contributed by atoms with Gasteiger partial charge in [0, 0.05) is 44.0 Å². The standard InChI is InChI=1S/C19H19Br2NO3/c1-9-17(13-7-11(20)3-5-15(13)23)22-18(10(2)19(9)25)14-8-12(21)4-6-16(14)24/h3-10,17-18,22-24H,1-2H3/t9-,10-,17+,18+/m1/s1. The Labute approximate surface area is 163 Å². The van der Waals surface area contributed by atoms with Crippen molar-refractivity contribution in [3.05, 3.63) is 56.5 Å². The Morgan fingerprint density at radius 2 is 1.24 bits per heavy atom. The number of hydrogen-bond acceptors (Lipinski definition) is 4. The van der Waals surface area contributed by atoms with Crippen LogP contribution in [-0.4, -0.2) is 16.0 Å². The quantitative estimate of drug-likeness (QED) is 0.589. The first-order valence-electron chi connectivity index (χ1n) is 8.06. The number of ketones is 1. The van der Waals surface area contributed by atoms with Gasteiger partial charge < -0.3 is 15.5 Å². The second-order valence-electron chi connectivity index (χ2n) is 6.51. The number of aromatic hydroxyl groups is 2. The monoisotopic (exact) mass is 467 g/mol. The van der Waals surface area contributed by atoms with Gasteiger partial charge in [-0.2, -0.15) is 0 Å². The molecule has 3 rings (SSSR count). The van der Waals surface area contributed by atoms with Crippen LogP contribution in [0.5, 0.6) is 11.5 Å². The first kappa shape index (κ1) is 18.4. The van der Waals surface area contributed by atoms with Crippen LogP contribution < -0.4 is 5.32 Å². The zero-order valence-corrected chi connectivity index (χ0v) is 17.0. The highest BCUT2D eigenvalue weighted by Gasteiger charge is 2.41. The fraction of sp³-hybridized carbons (Fsp3) is 0.316. The number of phenolic OH excluding ortho intramolecular Hbond substituents is 2. The van der Waals surface area contributed by atoms with Crippen LogP contribution in [0.2, 0.25) is 0 Å². The molecule has 1 saturated heterocycles. The maximum Gasteiger partial charge on any atom is 0.142 e. The largest absolute Gasteiger partial charge is 0.508 e. The molecule has 6 heteroatoms. The molecule has 0 saturated carbocycles. The summed E-state index contributed by atoms with van der Waals surface area (Å²) in [5.74, 6) is -0.187. The summed E-state index contributed by atoms with van der Waals surface area (Å²) < 4.78 is 1.67. The van der Waals surface area contributed by atoms with Gasteiger partial charge in [-0.1, -0.05) is 45.7 Å². The van der Waals surface area contributed by atoms with E-state index in [-0.39, 0.29) is 41.2 Å². The summed E-state index contributed by atoms with van der Waals surface area (Å²) in [5.41, 5.74) is 1.34. The highest BCUT2D eigenvalue weighted by atomic mass is 79.9. The van der Waals surface area contributed by atoms with Crippen LogP contribution in [0.4, 0.5) is 0 Å². The van der Waals surface area contributed by atoms with Crippen LogP contribution in [0, 0.1) is 11.8 Å². The predicted molar refractivity (Wildman–Crippen MR) is 104 cm³/mol. The summed E-state index contributed by atoms with van der Waals surface area (Å²) >= 11 is 6.84. The summed E-state index contributed by atoms with van der Waals surface area (Å²) in [6.07, 6.45) is 0. The van der Waals surface area contributed by atoms with Crippen LogP contribution in [0.1, 0.15) is 37.1 Å². The van der Waals surface area contributed by atoms with Crippen molar-refractivity contribution in [1.29, 1.82) is 0 Å². The Morgan fingerprint density at radius 1 is 0.840 bits per heavy atom. The molecule has 0 unspecified atom stereocenters. The second-order valence-corrected chi connectivity index (χ2v) is 8.34. The van der Waals surface area contributed by atoms with Crippen LogP contribution in [-0.2, 0) is 4.79 Å². The van der Waals surface area contributed by atoms with Crippen molar-refractivity contribution in [2.24, 2.45) is 11.8 Å². The van der Waals surface area contributed by atoms with E-state index >= 15 is 0 Å². The van der Waals surface area contributed by atoms with Crippen LogP contribution >= 0.6 is 31.9 Å². The fourth-order valence-electron chi connectivity index (χ4n) is 3.49. The normalized spacial score (nSPS) is 26.6. The fourth-order valence-corrected chi connectivity index (χ4v) is 4.25. The van der Waals surface area contributed by atoms with Crippen molar-refractivity contribution in [3.63, 3.8) is 0 Å². The highest BCUT2D eigenvalue weighted by Crippen LogP contribution is 2.43. The lowest BCUT2D eigenvalue weighted by Gasteiger charge is -2.40. The number of nitrogens with one attached hydrogen (secondary N) is 1. The lowest BCUT2D eigenvalue weighted by atomic mass is 9.76. The topological polar surface area (TPSA) is 69.6 Å². The number of hydrogen-bond donors (Lipinski definition) is 3. The Kier molecular flexibility index (Phi) is 5.23. The number of rotatable bonds is 2. The first-order chi connectivity index (χ1) is 11.8. The van der Waals surface area contributed by atoms with Gasteiger partial charge in [-0.05, 0) is 36.4 Å². The van der Waals surface area contributed by atoms with E-state index in [4.69, 9.17) is 0 Å². The van der Waals surface area contributed by atoms with Crippen LogP contribution in [0.25, 0.3) is 0 Å². The van der Waals surface area contributed by atoms with Crippen LogP contribution in [0.15, 0.2) is 45.3 Å². The van der Waals surface area contributed by atoms with E-state index in [9.17, 15) is 15.0 Å². The summed E-state index contributed by atoms with van der Waals surface area (Å²) in [6.45, 7) is 3.74. The van der Waals surface area contributed by atoms with Crippen molar-refractivity contribution in [3.8, 4) is 11.5 Å². The van der Waals surface area contributed by atoms with Crippen molar-refractivity contribution in [1.82, 2.24) is 5.32 Å². The van der Waals surface area contributed by atoms with Gasteiger partial charge in [-0.25, -0.2) is 0 Å². The van der Waals surface area contributed by atoms with E-state index in [2.05, 4.69) is 37.2 Å². The predicted octanol–water partition coefficient (Wildman–Crippen LogP) is 4.85. The van der Waals surface area contributed by atoms with Gasteiger partial charge in [0.05, 0.1) is 0 Å². The van der Waals surface area contributed by atoms with Gasteiger partial charge in [0.25, 0.3) is 0 Å². The third-order valence-electron chi connectivity index (χ3n) is 4.91. The molecule has 4 nitrogen and oxygen atoms in total. The summed E-state index contributed by atoms with van der Waals surface area (Å²) in [7, 11) is 0. The molecule has 3 N–H and O–H groups in total. The number of piperidine rings is 1. The lowest BCUT2D eigenvalue weighted by molar-refractivity contribution is -0.130. The Bertz CT molecular complexity index is 759. The first-order valence-corrected chi connectivity index (χ1v) is 9.64. The number of carbonyl (C=O) groups is 1. The molecule has 0 spiro atoms. The minimum Gasteiger partial charge on any atom is -0.508 e. The number of benzene rings is 2. The second kappa shape index (κ2) is 7.09. The number of phenols is 2. The van der Waals surface area contributed by atoms with E-state index in [1.807, 2.05) is 26.0 Å². The molecule has 1 aliphatic rings. The van der Waals surface area contributed by atoms with Gasteiger partial charge in [-0.15, -0.1) is 0 Å². The van der Waals surface area contributed by atoms with Crippen molar-refractivity contribution in [2.45, 2.75) is 25.9 Å². The van der Waals surface area contributed by atoms with Gasteiger partial charge >= 0.3 is 0 Å². The summed E-state index contributed by atoms with van der Waals surface area (Å²) in [6, 6.07) is 9.70. The number of halogens is 2. The lowest BCUT2D eigenvalue weighted by Crippen LogP contribution is -2.46. The van der Waals surface area contributed by atoms with Gasteiger partial charge in [-0.3, -0.25) is 4.79 Å². The van der Waals surface area contributed by atoms with Gasteiger partial charge in [0.15, 0.2) is 0 Å². The van der Waals surface area contributed by atoms with Crippen molar-refractivity contribution >= 4 is 37.6 Å². The molecule has 25 heavy (non-hydrogen) atoms. The molecular weight excluding hydrogens is 450 g/mol. The molecule has 4 atom stereocenters. The molecule has 0 amide bonds. The molecule has 1 heterocycles. The smallest absolute Gasteiger partial charge is 0.142 e. The van der Waals surface area contributed by atoms with Gasteiger partial charge in [0.1, 0.15) is 17.3 Å². The third-order valence-corrected chi connectivity index (χ3v) is 5.89. The average Bonchev–Trinajstić information content (AvgIpc) is 2.58. The Morgan fingerprint density at radius 3 is 1.64 bits per heavy atom. The zero-order chi connectivity index (χ0) is 18.3. The average molecular weight is 469 g/mol. The zero-order valence-electron chi connectivity index (χ0n) is 13.8. The third kappa shape index (κ3) is 3.48. The molecule has 0 aliphatic carbocycles. The molecule has 2 aromatic carbocycles. The number of carbonyl (C=O) groups excluding carboxylic acids is 1. The van der Waals surface area contributed by atoms with E-state index in [0.29, 0.717) is 11.1 Å². The Balaban J connectivity index is 2.05. The number of Topliss-reactive ketones (excluding diaryl/α,β-unsaturated/α-hetero) is 1. The summed E-state index contributed by atoms with van der Waals surface area (Å²) in [4.78, 5) is 12.9. The van der Waals surface area contributed by atoms with Crippen LogP contribution in [0.3, 0.4) is 0 Å². The summed E-state index contributed by atoms with van der Waals surface area (Å²) in [5, 5.41) is 24.0. The molecule has 2 aromatic rings. The minimum absolute atomic E-state index is 0.104. The minimum atomic E-state index is -0.343. The Hall–Kier alpha value is -1.37. The SMILES string of the molecule is C[C@H]1C(=O)[C@H](C)[C@@H](c2cc(Br)ccc2O)N[C@@H]1c1cc(Br)ccc1O. The van der Waals surface area contributed by atoms with E-state index in [1.165, 1.54) is 0 Å². The van der Waals surface area contributed by atoms with E-state index < -0.39 is 0 Å². The maximum atomic E-state index is 12.9. The van der Waals surface area contributed by atoms with Gasteiger partial charge in [0.2, 0.25) is 0 Å². The molecule has 0 bridgehead atoms. The molecule has 0 radical (unpaired) electrons. The maximum absolute atomic E-state index is 12.9. The molecule has 1 aliphatic heterocycles. The molecule has 1 fully saturated rings. The highest BCUT2D eigenvalue weighted by molar-refractivity contribution is 9.10. The van der Waals surface area contributed by atoms with Crippen molar-refractivity contribution in [2.75, 3.05) is 0 Å². The molecule has 0 aromatic heterocycles. The van der Waals surface area contributed by atoms with Crippen molar-refractivity contribution < 1.29 is 15.0 Å². The molecule has 132 valence electrons. The van der Waals surface area contributed by atoms with E-state index in [1.54, 1.807) is 24.3 Å². The van der Waals surface area contributed by atoms with E-state index in [0.717, 1.165) is 8.95 Å².